The third-order valence-electron chi connectivity index (χ3n) is 8.60. The van der Waals surface area contributed by atoms with Gasteiger partial charge in [-0.3, -0.25) is 0 Å². The van der Waals surface area contributed by atoms with E-state index in [0.717, 1.165) is 12.8 Å². The second-order valence-corrected chi connectivity index (χ2v) is 15.7. The molecule has 2 aliphatic carbocycles. The van der Waals surface area contributed by atoms with Crippen LogP contribution in [0.25, 0.3) is 0 Å². The van der Waals surface area contributed by atoms with Crippen molar-refractivity contribution in [2.75, 3.05) is 0 Å². The van der Waals surface area contributed by atoms with Crippen molar-refractivity contribution >= 4 is 43.4 Å². The molecule has 0 bridgehead atoms. The van der Waals surface area contributed by atoms with Gasteiger partial charge in [-0.2, -0.15) is 0 Å². The standard InChI is InChI=1S/C36H34B2Si/c1-39(2,35-27-15-25-33(35)37(29-17-7-3-8-18-29)30-19-9-4-10-20-30)36-28-16-26-34(36)38(31-21-11-5-12-22-31)32-23-13-6-14-24-32/h3-26H,27-28H2,1-2H3. The highest BCUT2D eigenvalue weighted by molar-refractivity contribution is 6.99. The molecular formula is C36H34B2Si. The molecule has 0 nitrogen and oxygen atoms in total. The Hall–Kier alpha value is -3.81. The lowest BCUT2D eigenvalue weighted by Gasteiger charge is -2.32. The Morgan fingerprint density at radius 3 is 1.00 bits per heavy atom. The maximum Gasteiger partial charge on any atom is 0.240 e. The lowest BCUT2D eigenvalue weighted by molar-refractivity contribution is 1.29. The maximum absolute atomic E-state index is 2.60. The molecule has 0 unspecified atom stereocenters. The van der Waals surface area contributed by atoms with Crippen molar-refractivity contribution in [2.45, 2.75) is 25.9 Å². The Morgan fingerprint density at radius 2 is 0.718 bits per heavy atom. The van der Waals surface area contributed by atoms with Crippen molar-refractivity contribution in [3.05, 3.63) is 167 Å². The van der Waals surface area contributed by atoms with Crippen LogP contribution in [0.1, 0.15) is 12.8 Å². The van der Waals surface area contributed by atoms with Crippen molar-refractivity contribution in [3.8, 4) is 0 Å². The van der Waals surface area contributed by atoms with Gasteiger partial charge in [0.25, 0.3) is 0 Å². The van der Waals surface area contributed by atoms with Gasteiger partial charge in [-0.25, -0.2) is 0 Å². The maximum atomic E-state index is 2.60. The average molecular weight is 516 g/mol. The summed E-state index contributed by atoms with van der Waals surface area (Å²) in [5.41, 5.74) is 8.52. The molecule has 0 aliphatic heterocycles. The highest BCUT2D eigenvalue weighted by Gasteiger charge is 2.40. The van der Waals surface area contributed by atoms with Crippen molar-refractivity contribution in [2.24, 2.45) is 0 Å². The van der Waals surface area contributed by atoms with Crippen LogP contribution in [0.4, 0.5) is 0 Å². The summed E-state index contributed by atoms with van der Waals surface area (Å²) >= 11 is 0. The molecule has 39 heavy (non-hydrogen) atoms. The SMILES string of the molecule is C[Si](C)(C1=C(B(c2ccccc2)c2ccccc2)C=CC1)C1=C(B(c2ccccc2)c2ccccc2)C=CC1. The van der Waals surface area contributed by atoms with E-state index in [0.29, 0.717) is 0 Å². The zero-order chi connectivity index (χ0) is 26.7. The fraction of sp³-hybridized carbons (Fsp3) is 0.111. The van der Waals surface area contributed by atoms with Crippen LogP contribution in [-0.2, 0) is 0 Å². The van der Waals surface area contributed by atoms with Crippen LogP contribution in [0.5, 0.6) is 0 Å². The lowest BCUT2D eigenvalue weighted by Crippen LogP contribution is -2.48. The number of hydrogen-bond acceptors (Lipinski definition) is 0. The molecule has 0 spiro atoms. The van der Waals surface area contributed by atoms with Gasteiger partial charge in [-0.15, -0.1) is 0 Å². The van der Waals surface area contributed by atoms with Crippen molar-refractivity contribution < 1.29 is 0 Å². The Kier molecular flexibility index (Phi) is 7.26. The van der Waals surface area contributed by atoms with Gasteiger partial charge in [0.2, 0.25) is 13.4 Å². The number of hydrogen-bond donors (Lipinski definition) is 0. The number of allylic oxidation sites excluding steroid dienone is 8. The molecule has 0 N–H and O–H groups in total. The van der Waals surface area contributed by atoms with Crippen molar-refractivity contribution in [3.63, 3.8) is 0 Å². The van der Waals surface area contributed by atoms with E-state index in [2.05, 4.69) is 159 Å². The third-order valence-corrected chi connectivity index (χ3v) is 12.6. The van der Waals surface area contributed by atoms with Crippen LogP contribution < -0.4 is 21.9 Å². The monoisotopic (exact) mass is 516 g/mol. The largest absolute Gasteiger partial charge is 0.240 e. The van der Waals surface area contributed by atoms with Gasteiger partial charge in [-0.05, 0) is 12.8 Å². The minimum atomic E-state index is -1.99. The van der Waals surface area contributed by atoms with E-state index in [9.17, 15) is 0 Å². The van der Waals surface area contributed by atoms with E-state index in [-0.39, 0.29) is 13.4 Å². The molecule has 0 amide bonds. The molecule has 2 aliphatic rings. The van der Waals surface area contributed by atoms with Crippen LogP contribution in [0.3, 0.4) is 0 Å². The quantitative estimate of drug-likeness (QED) is 0.253. The van der Waals surface area contributed by atoms with Gasteiger partial charge in [-0.1, -0.05) is 202 Å². The Balaban J connectivity index is 1.51. The van der Waals surface area contributed by atoms with Gasteiger partial charge in [0.05, 0.1) is 0 Å². The minimum absolute atomic E-state index is 0.255. The van der Waals surface area contributed by atoms with E-state index < -0.39 is 8.07 Å². The first kappa shape index (κ1) is 25.5. The molecule has 188 valence electrons. The predicted octanol–water partition coefficient (Wildman–Crippen LogP) is 5.98. The first-order valence-corrected chi connectivity index (χ1v) is 17.1. The summed E-state index contributed by atoms with van der Waals surface area (Å²) in [7, 11) is -1.99. The fourth-order valence-electron chi connectivity index (χ4n) is 6.68. The molecule has 0 radical (unpaired) electrons. The summed E-state index contributed by atoms with van der Waals surface area (Å²) in [6.45, 7) is 5.70. The molecule has 6 rings (SSSR count). The Labute approximate surface area is 235 Å². The number of benzene rings is 4. The molecule has 4 aromatic rings. The molecule has 0 heterocycles. The van der Waals surface area contributed by atoms with E-state index in [1.807, 2.05) is 0 Å². The second-order valence-electron chi connectivity index (χ2n) is 11.2. The van der Waals surface area contributed by atoms with Gasteiger partial charge in [0.1, 0.15) is 8.07 Å². The van der Waals surface area contributed by atoms with E-state index >= 15 is 0 Å². The smallest absolute Gasteiger partial charge is 0.0814 e. The molecule has 0 saturated heterocycles. The first-order chi connectivity index (χ1) is 19.1. The van der Waals surface area contributed by atoms with E-state index in [1.54, 1.807) is 10.4 Å². The topological polar surface area (TPSA) is 0 Å². The normalized spacial score (nSPS) is 14.8. The van der Waals surface area contributed by atoms with Crippen LogP contribution in [0, 0.1) is 0 Å². The molecular weight excluding hydrogens is 482 g/mol. The zero-order valence-corrected chi connectivity index (χ0v) is 23.9. The van der Waals surface area contributed by atoms with Crippen LogP contribution >= 0.6 is 0 Å². The van der Waals surface area contributed by atoms with Crippen LogP contribution in [0.15, 0.2) is 167 Å². The first-order valence-electron chi connectivity index (χ1n) is 14.1. The third kappa shape index (κ3) is 5.00. The highest BCUT2D eigenvalue weighted by Crippen LogP contribution is 2.39. The molecule has 3 heteroatoms. The van der Waals surface area contributed by atoms with Gasteiger partial charge >= 0.3 is 0 Å². The van der Waals surface area contributed by atoms with Crippen LogP contribution in [0.2, 0.25) is 13.1 Å². The summed E-state index contributed by atoms with van der Waals surface area (Å²) in [5, 5.41) is 3.35. The molecule has 0 fully saturated rings. The average Bonchev–Trinajstić information content (AvgIpc) is 3.67. The summed E-state index contributed by atoms with van der Waals surface area (Å²) < 4.78 is 0. The Bertz CT molecular complexity index is 1350. The summed E-state index contributed by atoms with van der Waals surface area (Å²) in [6, 6.07) is 44.3. The summed E-state index contributed by atoms with van der Waals surface area (Å²) in [6.07, 6.45) is 11.8. The van der Waals surface area contributed by atoms with E-state index in [4.69, 9.17) is 0 Å². The minimum Gasteiger partial charge on any atom is -0.0814 e. The Morgan fingerprint density at radius 1 is 0.436 bits per heavy atom. The lowest BCUT2D eigenvalue weighted by atomic mass is 9.36. The second kappa shape index (κ2) is 11.1. The van der Waals surface area contributed by atoms with Gasteiger partial charge in [0, 0.05) is 0 Å². The molecule has 4 aromatic carbocycles. The van der Waals surface area contributed by atoms with Gasteiger partial charge < -0.3 is 0 Å². The highest BCUT2D eigenvalue weighted by atomic mass is 28.3. The zero-order valence-electron chi connectivity index (χ0n) is 22.9. The van der Waals surface area contributed by atoms with E-state index in [1.165, 1.54) is 32.8 Å². The fourth-order valence-corrected chi connectivity index (χ4v) is 10.2. The summed E-state index contributed by atoms with van der Waals surface area (Å²) in [5.74, 6) is 0. The number of rotatable bonds is 8. The summed E-state index contributed by atoms with van der Waals surface area (Å²) in [4.78, 5) is 0. The van der Waals surface area contributed by atoms with Gasteiger partial charge in [0.15, 0.2) is 0 Å². The molecule has 0 aromatic heterocycles. The van der Waals surface area contributed by atoms with Crippen LogP contribution in [-0.4, -0.2) is 21.5 Å². The van der Waals surface area contributed by atoms with Crippen molar-refractivity contribution in [1.29, 1.82) is 0 Å². The molecule has 0 saturated carbocycles. The van der Waals surface area contributed by atoms with Crippen molar-refractivity contribution in [1.82, 2.24) is 0 Å². The predicted molar refractivity (Wildman–Crippen MR) is 175 cm³/mol. The molecule has 0 atom stereocenters.